The number of hydrogen-bond donors (Lipinski definition) is 0. The summed E-state index contributed by atoms with van der Waals surface area (Å²) in [4.78, 5) is 9.61. The molecule has 0 saturated carbocycles. The van der Waals surface area contributed by atoms with Gasteiger partial charge in [0.15, 0.2) is 0 Å². The van der Waals surface area contributed by atoms with E-state index in [0.29, 0.717) is 5.56 Å². The number of aliphatic imine (C=N–C) groups is 1. The molecule has 0 spiro atoms. The van der Waals surface area contributed by atoms with Crippen molar-refractivity contribution in [2.45, 2.75) is 30.0 Å². The minimum atomic E-state index is -2.08. The Morgan fingerprint density at radius 2 is 1.48 bits per heavy atom. The van der Waals surface area contributed by atoms with E-state index in [1.165, 1.54) is 32.4 Å². The predicted octanol–water partition coefficient (Wildman–Crippen LogP) is 11.2. The van der Waals surface area contributed by atoms with Gasteiger partial charge >= 0.3 is 110 Å². The van der Waals surface area contributed by atoms with Gasteiger partial charge in [-0.15, -0.1) is 18.2 Å². The average Bonchev–Trinajstić information content (AvgIpc) is 3.73. The quantitative estimate of drug-likeness (QED) is 0.130. The molecular weight excluding hydrogens is 849 g/mol. The van der Waals surface area contributed by atoms with Crippen LogP contribution in [0.5, 0.6) is 0 Å². The molecule has 0 N–H and O–H groups in total. The SMILES string of the molecule is [2H]C([2H])([2H])c1c[c-]c(-c2cc[c]([Ge]([CH3])([CH3])[CH3])cn2)cc1.[Ir].[c-]1ccc2c(oc3ccccc32)c1C1=Nc2ccccc2C1c1cccc2ccccc12. The molecule has 0 saturated heterocycles. The van der Waals surface area contributed by atoms with Crippen LogP contribution in [0.25, 0.3) is 44.0 Å². The summed E-state index contributed by atoms with van der Waals surface area (Å²) in [5.74, 6) is 7.00. The number of pyridine rings is 1. The second-order valence-corrected chi connectivity index (χ2v) is 24.1. The molecule has 3 nitrogen and oxygen atoms in total. The first-order valence-electron chi connectivity index (χ1n) is 18.0. The third-order valence-electron chi connectivity index (χ3n) is 9.21. The second kappa shape index (κ2) is 14.0. The van der Waals surface area contributed by atoms with Crippen molar-refractivity contribution in [1.29, 1.82) is 0 Å². The maximum absolute atomic E-state index is 7.35. The van der Waals surface area contributed by atoms with E-state index in [9.17, 15) is 0 Å². The number of aromatic nitrogens is 1. The molecule has 1 atom stereocenters. The summed E-state index contributed by atoms with van der Waals surface area (Å²) in [6.07, 6.45) is 1.95. The van der Waals surface area contributed by atoms with Crippen molar-refractivity contribution in [2.24, 2.45) is 4.99 Å². The molecule has 3 heterocycles. The summed E-state index contributed by atoms with van der Waals surface area (Å²) in [6, 6.07) is 51.3. The van der Waals surface area contributed by atoms with Crippen molar-refractivity contribution >= 4 is 61.8 Å². The van der Waals surface area contributed by atoms with Crippen LogP contribution in [0.4, 0.5) is 5.69 Å². The molecule has 6 aromatic carbocycles. The minimum Gasteiger partial charge on any atom is -0.501 e. The van der Waals surface area contributed by atoms with Gasteiger partial charge in [-0.1, -0.05) is 89.8 Å². The Morgan fingerprint density at radius 1 is 0.720 bits per heavy atom. The van der Waals surface area contributed by atoms with Crippen molar-refractivity contribution in [3.63, 3.8) is 0 Å². The zero-order valence-electron chi connectivity index (χ0n) is 31.0. The summed E-state index contributed by atoms with van der Waals surface area (Å²) in [7, 11) is 0. The molecule has 1 radical (unpaired) electrons. The number of hydrogen-bond acceptors (Lipinski definition) is 3. The molecule has 2 aromatic heterocycles. The number of nitrogens with zero attached hydrogens (tertiary/aromatic N) is 2. The average molecular weight is 889 g/mol. The van der Waals surface area contributed by atoms with Gasteiger partial charge in [0.1, 0.15) is 5.58 Å². The molecule has 1 aliphatic heterocycles. The number of benzene rings is 6. The van der Waals surface area contributed by atoms with Crippen molar-refractivity contribution in [2.75, 3.05) is 0 Å². The Bertz CT molecular complexity index is 2550. The Morgan fingerprint density at radius 3 is 2.26 bits per heavy atom. The number of para-hydroxylation sites is 2. The van der Waals surface area contributed by atoms with Crippen LogP contribution in [0.2, 0.25) is 17.3 Å². The molecule has 1 unspecified atom stereocenters. The molecule has 0 aliphatic carbocycles. The van der Waals surface area contributed by atoms with Gasteiger partial charge in [0.2, 0.25) is 0 Å². The number of furan rings is 1. The predicted molar refractivity (Wildman–Crippen MR) is 207 cm³/mol. The number of fused-ring (bicyclic) bond motifs is 5. The van der Waals surface area contributed by atoms with Crippen LogP contribution in [0.1, 0.15) is 32.3 Å². The van der Waals surface area contributed by atoms with Crippen LogP contribution in [0.15, 0.2) is 149 Å². The molecule has 8 aromatic rings. The van der Waals surface area contributed by atoms with E-state index in [1.807, 2.05) is 30.5 Å². The smallest absolute Gasteiger partial charge is 0.120 e. The Kier molecular flexibility index (Phi) is 8.44. The van der Waals surface area contributed by atoms with Gasteiger partial charge in [-0.3, -0.25) is 4.99 Å². The van der Waals surface area contributed by atoms with E-state index >= 15 is 0 Å². The zero-order valence-corrected chi connectivity index (χ0v) is 32.5. The van der Waals surface area contributed by atoms with Crippen LogP contribution in [0.3, 0.4) is 0 Å². The summed E-state index contributed by atoms with van der Waals surface area (Å²) >= 11 is -1.83. The van der Waals surface area contributed by atoms with E-state index in [0.717, 1.165) is 50.2 Å². The van der Waals surface area contributed by atoms with Gasteiger partial charge < -0.3 is 4.42 Å². The Labute approximate surface area is 314 Å². The van der Waals surface area contributed by atoms with Gasteiger partial charge in [-0.05, 0) is 39.7 Å². The summed E-state index contributed by atoms with van der Waals surface area (Å²) < 4.78 is 29.8. The van der Waals surface area contributed by atoms with E-state index in [-0.39, 0.29) is 26.0 Å². The third kappa shape index (κ3) is 6.40. The summed E-state index contributed by atoms with van der Waals surface area (Å²) in [5.41, 5.74) is 9.13. The summed E-state index contributed by atoms with van der Waals surface area (Å²) in [6.45, 7) is -2.08. The van der Waals surface area contributed by atoms with Crippen molar-refractivity contribution in [1.82, 2.24) is 4.98 Å². The summed E-state index contributed by atoms with van der Waals surface area (Å²) in [5, 5.41) is 4.71. The molecule has 50 heavy (non-hydrogen) atoms. The molecule has 5 heteroatoms. The molecular formula is C45H36GeIrN2O-2. The fourth-order valence-corrected chi connectivity index (χ4v) is 8.83. The molecule has 247 valence electrons. The Hall–Kier alpha value is -4.61. The van der Waals surface area contributed by atoms with Gasteiger partial charge in [-0.2, -0.15) is 0 Å². The van der Waals surface area contributed by atoms with E-state index in [1.54, 1.807) is 12.1 Å². The molecule has 0 fully saturated rings. The zero-order chi connectivity index (χ0) is 36.0. The number of rotatable bonds is 4. The second-order valence-electron chi connectivity index (χ2n) is 13.4. The maximum atomic E-state index is 7.35. The topological polar surface area (TPSA) is 38.4 Å². The van der Waals surface area contributed by atoms with Gasteiger partial charge in [0.05, 0.1) is 11.3 Å². The first kappa shape index (κ1) is 30.2. The fraction of sp³-hybridized carbons (Fsp3) is 0.111. The van der Waals surface area contributed by atoms with Crippen LogP contribution in [-0.2, 0) is 20.1 Å². The van der Waals surface area contributed by atoms with Gasteiger partial charge in [0, 0.05) is 31.4 Å². The fourth-order valence-electron chi connectivity index (χ4n) is 6.65. The molecule has 0 bridgehead atoms. The van der Waals surface area contributed by atoms with Gasteiger partial charge in [-0.25, -0.2) is 0 Å². The normalized spacial score (nSPS) is 14.9. The maximum Gasteiger partial charge on any atom is 0.120 e. The first-order chi connectivity index (χ1) is 25.1. The van der Waals surface area contributed by atoms with Crippen LogP contribution in [0, 0.1) is 19.0 Å². The standard InChI is InChI=1S/C30H18NO.C15H18GeN.Ir/c1-2-11-20-19(9-1)10-7-14-22(20)28-24-13-3-5-17-26(24)31-29(28)25-16-8-15-23-21-12-4-6-18-27(21)32-30(23)25;1-12-5-7-13(8-6-12)15-10-9-14(11-17-15)16(2,3)4;/h1-15,17-18,28H;5-7,9-11H,1-4H3;/q2*-1;/i;1D3;. The van der Waals surface area contributed by atoms with E-state index in [4.69, 9.17) is 13.5 Å². The van der Waals surface area contributed by atoms with Crippen molar-refractivity contribution in [3.8, 4) is 11.3 Å². The molecule has 0 amide bonds. The van der Waals surface area contributed by atoms with Crippen LogP contribution >= 0.6 is 0 Å². The first-order valence-corrected chi connectivity index (χ1v) is 23.9. The molecule has 9 rings (SSSR count). The van der Waals surface area contributed by atoms with E-state index in [2.05, 4.69) is 125 Å². The van der Waals surface area contributed by atoms with Crippen LogP contribution in [-0.4, -0.2) is 24.0 Å². The largest absolute Gasteiger partial charge is 0.501 e. The minimum absolute atomic E-state index is 0. The number of aryl methyl sites for hydroxylation is 1. The monoisotopic (exact) mass is 890 g/mol. The van der Waals surface area contributed by atoms with Crippen LogP contribution < -0.4 is 4.40 Å². The Balaban J connectivity index is 0.000000180. The van der Waals surface area contributed by atoms with E-state index < -0.39 is 20.1 Å². The van der Waals surface area contributed by atoms with Gasteiger partial charge in [0.25, 0.3) is 0 Å². The van der Waals surface area contributed by atoms with Crippen molar-refractivity contribution in [3.05, 3.63) is 174 Å². The van der Waals surface area contributed by atoms with Crippen molar-refractivity contribution < 1.29 is 28.6 Å². The molecule has 1 aliphatic rings. The third-order valence-corrected chi connectivity index (χ3v) is 13.5.